The van der Waals surface area contributed by atoms with Crippen LogP contribution in [0.5, 0.6) is 0 Å². The molecule has 4 aliphatic heterocycles. The number of amides is 2. The molecule has 2 fully saturated rings. The Morgan fingerprint density at radius 2 is 1.97 bits per heavy atom. The Balaban J connectivity index is 1.29. The average Bonchev–Trinajstić information content (AvgIpc) is 2.92. The number of nitrogens with one attached hydrogen (secondary N) is 1. The Bertz CT molecular complexity index is 962. The summed E-state index contributed by atoms with van der Waals surface area (Å²) in [5.41, 5.74) is 1.77. The van der Waals surface area contributed by atoms with Crippen LogP contribution < -0.4 is 5.32 Å². The maximum atomic E-state index is 13.4. The molecule has 5 aliphatic rings. The number of piperidine rings is 1. The van der Waals surface area contributed by atoms with E-state index < -0.39 is 0 Å². The SMILES string of the molecule is CS[C@H]1CCCC[C@@H]1NC(=O)C1=CC(CN2CCC(C)(C3=NCCC=C3)CC2)[C@H]2CCC=CN2C1=O. The number of nitrogens with zero attached hydrogens (tertiary/aromatic N) is 3. The number of thioether (sulfide) groups is 1. The van der Waals surface area contributed by atoms with Crippen molar-refractivity contribution in [2.45, 2.75) is 82.0 Å². The number of fused-ring (bicyclic) bond motifs is 1. The molecule has 0 spiro atoms. The number of hydrogen-bond acceptors (Lipinski definition) is 5. The lowest BCUT2D eigenvalue weighted by molar-refractivity contribution is -0.132. The van der Waals surface area contributed by atoms with Crippen LogP contribution in [0.3, 0.4) is 0 Å². The number of carbonyl (C=O) groups excluding carboxylic acids is 2. The van der Waals surface area contributed by atoms with Gasteiger partial charge in [-0.05, 0) is 70.4 Å². The Labute approximate surface area is 220 Å². The average molecular weight is 511 g/mol. The fourth-order valence-corrected chi connectivity index (χ4v) is 7.63. The van der Waals surface area contributed by atoms with E-state index in [2.05, 4.69) is 41.6 Å². The van der Waals surface area contributed by atoms with Crippen molar-refractivity contribution in [2.24, 2.45) is 16.3 Å². The summed E-state index contributed by atoms with van der Waals surface area (Å²) >= 11 is 1.84. The van der Waals surface area contributed by atoms with Crippen LogP contribution in [0, 0.1) is 11.3 Å². The predicted octanol–water partition coefficient (Wildman–Crippen LogP) is 4.34. The van der Waals surface area contributed by atoms with Crippen molar-refractivity contribution < 1.29 is 9.59 Å². The topological polar surface area (TPSA) is 65.0 Å². The summed E-state index contributed by atoms with van der Waals surface area (Å²) in [5, 5.41) is 3.69. The van der Waals surface area contributed by atoms with Crippen LogP contribution in [0.15, 0.2) is 41.1 Å². The lowest BCUT2D eigenvalue weighted by Crippen LogP contribution is -2.54. The second kappa shape index (κ2) is 11.3. The molecule has 4 heterocycles. The van der Waals surface area contributed by atoms with E-state index in [1.165, 1.54) is 12.1 Å². The fraction of sp³-hybridized carbons (Fsp3) is 0.690. The van der Waals surface area contributed by atoms with E-state index in [1.807, 2.05) is 28.9 Å². The van der Waals surface area contributed by atoms with E-state index in [4.69, 9.17) is 4.99 Å². The van der Waals surface area contributed by atoms with E-state index in [0.29, 0.717) is 10.8 Å². The van der Waals surface area contributed by atoms with E-state index >= 15 is 0 Å². The summed E-state index contributed by atoms with van der Waals surface area (Å²) < 4.78 is 0. The first-order chi connectivity index (χ1) is 17.5. The molecule has 1 saturated carbocycles. The first-order valence-electron chi connectivity index (χ1n) is 14.0. The zero-order valence-electron chi connectivity index (χ0n) is 22.0. The van der Waals surface area contributed by atoms with Crippen molar-refractivity contribution in [3.05, 3.63) is 36.1 Å². The van der Waals surface area contributed by atoms with Gasteiger partial charge in [-0.1, -0.05) is 38.0 Å². The van der Waals surface area contributed by atoms with Gasteiger partial charge < -0.3 is 15.1 Å². The maximum absolute atomic E-state index is 13.4. The molecule has 1 N–H and O–H groups in total. The molecule has 0 bridgehead atoms. The van der Waals surface area contributed by atoms with Gasteiger partial charge in [-0.3, -0.25) is 14.6 Å². The molecular weight excluding hydrogens is 468 g/mol. The minimum Gasteiger partial charge on any atom is -0.348 e. The highest BCUT2D eigenvalue weighted by Crippen LogP contribution is 2.36. The number of allylic oxidation sites excluding steroid dienone is 2. The third-order valence-corrected chi connectivity index (χ3v) is 10.2. The number of rotatable bonds is 6. The van der Waals surface area contributed by atoms with Gasteiger partial charge in [0.05, 0.1) is 0 Å². The Kier molecular flexibility index (Phi) is 8.06. The van der Waals surface area contributed by atoms with Crippen molar-refractivity contribution in [1.82, 2.24) is 15.1 Å². The molecule has 0 radical (unpaired) electrons. The van der Waals surface area contributed by atoms with Crippen molar-refractivity contribution in [1.29, 1.82) is 0 Å². The van der Waals surface area contributed by atoms with Crippen LogP contribution >= 0.6 is 11.8 Å². The smallest absolute Gasteiger partial charge is 0.263 e. The number of dihydropyridines is 1. The molecule has 5 rings (SSSR count). The molecule has 36 heavy (non-hydrogen) atoms. The highest BCUT2D eigenvalue weighted by molar-refractivity contribution is 7.99. The van der Waals surface area contributed by atoms with Gasteiger partial charge in [0.25, 0.3) is 11.8 Å². The van der Waals surface area contributed by atoms with Gasteiger partial charge in [0.1, 0.15) is 5.57 Å². The predicted molar refractivity (Wildman–Crippen MR) is 148 cm³/mol. The molecule has 0 aromatic carbocycles. The van der Waals surface area contributed by atoms with Gasteiger partial charge in [-0.25, -0.2) is 0 Å². The zero-order chi connectivity index (χ0) is 25.1. The lowest BCUT2D eigenvalue weighted by atomic mass is 9.75. The number of hydrogen-bond donors (Lipinski definition) is 1. The van der Waals surface area contributed by atoms with Crippen molar-refractivity contribution in [3.63, 3.8) is 0 Å². The van der Waals surface area contributed by atoms with Gasteiger partial charge in [-0.2, -0.15) is 11.8 Å². The Morgan fingerprint density at radius 1 is 1.17 bits per heavy atom. The lowest BCUT2D eigenvalue weighted by Gasteiger charge is -2.45. The first-order valence-corrected chi connectivity index (χ1v) is 15.3. The van der Waals surface area contributed by atoms with Crippen LogP contribution in [-0.4, -0.2) is 77.1 Å². The maximum Gasteiger partial charge on any atom is 0.263 e. The largest absolute Gasteiger partial charge is 0.348 e. The van der Waals surface area contributed by atoms with E-state index in [1.54, 1.807) is 0 Å². The van der Waals surface area contributed by atoms with Gasteiger partial charge in [0, 0.05) is 53.7 Å². The summed E-state index contributed by atoms with van der Waals surface area (Å²) in [5.74, 6) is -0.136. The Hall–Kier alpha value is -1.86. The number of aliphatic imine (C=N–C) groups is 1. The molecule has 2 amide bonds. The fourth-order valence-electron chi connectivity index (χ4n) is 6.70. The standard InChI is InChI=1S/C29H42N4O2S/c1-29(26-12-5-7-15-30-26)13-17-32(18-14-29)20-21-19-22(28(35)33-16-8-6-10-24(21)33)27(34)31-23-9-3-4-11-25(23)36-2/h5,8,12,16,19,21,23-25H,3-4,6-7,9-11,13-15,17-18,20H2,1-2H3,(H,31,34)/t21?,23-,24+,25-/m0/s1. The number of likely N-dealkylation sites (tertiary alicyclic amines) is 1. The molecule has 0 aromatic rings. The van der Waals surface area contributed by atoms with Gasteiger partial charge in [-0.15, -0.1) is 0 Å². The highest BCUT2D eigenvalue weighted by atomic mass is 32.2. The second-order valence-electron chi connectivity index (χ2n) is 11.4. The summed E-state index contributed by atoms with van der Waals surface area (Å²) in [6.45, 7) is 6.24. The van der Waals surface area contributed by atoms with Crippen LogP contribution in [0.25, 0.3) is 0 Å². The molecule has 0 aromatic heterocycles. The van der Waals surface area contributed by atoms with E-state index in [-0.39, 0.29) is 35.2 Å². The molecule has 4 atom stereocenters. The van der Waals surface area contributed by atoms with Crippen molar-refractivity contribution in [3.8, 4) is 0 Å². The van der Waals surface area contributed by atoms with Crippen LogP contribution in [-0.2, 0) is 9.59 Å². The van der Waals surface area contributed by atoms with Crippen molar-refractivity contribution >= 4 is 29.3 Å². The summed E-state index contributed by atoms with van der Waals surface area (Å²) in [4.78, 5) is 36.0. The van der Waals surface area contributed by atoms with E-state index in [0.717, 1.165) is 77.5 Å². The van der Waals surface area contributed by atoms with Crippen LogP contribution in [0.1, 0.15) is 64.7 Å². The molecule has 7 heteroatoms. The monoisotopic (exact) mass is 510 g/mol. The van der Waals surface area contributed by atoms with E-state index in [9.17, 15) is 9.59 Å². The van der Waals surface area contributed by atoms with Gasteiger partial charge in [0.2, 0.25) is 0 Å². The van der Waals surface area contributed by atoms with Crippen LogP contribution in [0.2, 0.25) is 0 Å². The van der Waals surface area contributed by atoms with Crippen LogP contribution in [0.4, 0.5) is 0 Å². The third-order valence-electron chi connectivity index (χ3n) is 9.06. The molecular formula is C29H42N4O2S. The summed E-state index contributed by atoms with van der Waals surface area (Å²) in [7, 11) is 0. The molecule has 1 unspecified atom stereocenters. The quantitative estimate of drug-likeness (QED) is 0.540. The number of carbonyl (C=O) groups is 2. The second-order valence-corrected chi connectivity index (χ2v) is 12.5. The normalized spacial score (nSPS) is 32.5. The molecule has 1 saturated heterocycles. The summed E-state index contributed by atoms with van der Waals surface area (Å²) in [6, 6.07) is 0.297. The Morgan fingerprint density at radius 3 is 2.72 bits per heavy atom. The van der Waals surface area contributed by atoms with Gasteiger partial charge >= 0.3 is 0 Å². The highest BCUT2D eigenvalue weighted by Gasteiger charge is 2.41. The third kappa shape index (κ3) is 5.38. The van der Waals surface area contributed by atoms with Gasteiger partial charge in [0.15, 0.2) is 0 Å². The molecule has 196 valence electrons. The minimum absolute atomic E-state index is 0.130. The molecule has 1 aliphatic carbocycles. The zero-order valence-corrected chi connectivity index (χ0v) is 22.8. The first kappa shape index (κ1) is 25.8. The molecule has 6 nitrogen and oxygen atoms in total. The minimum atomic E-state index is -0.179. The van der Waals surface area contributed by atoms with Crippen molar-refractivity contribution in [2.75, 3.05) is 32.4 Å². The summed E-state index contributed by atoms with van der Waals surface area (Å²) in [6.07, 6.45) is 22.4.